The van der Waals surface area contributed by atoms with E-state index in [1.54, 1.807) is 13.3 Å². The molecule has 7 heteroatoms. The summed E-state index contributed by atoms with van der Waals surface area (Å²) in [6, 6.07) is 16.3. The van der Waals surface area contributed by atoms with Crippen molar-refractivity contribution >= 4 is 17.2 Å². The van der Waals surface area contributed by atoms with Crippen molar-refractivity contribution in [1.82, 2.24) is 19.9 Å². The molecule has 3 heterocycles. The highest BCUT2D eigenvalue weighted by molar-refractivity contribution is 5.81. The van der Waals surface area contributed by atoms with Crippen LogP contribution in [0.5, 0.6) is 5.75 Å². The summed E-state index contributed by atoms with van der Waals surface area (Å²) in [5, 5.41) is 7.93. The average Bonchev–Trinajstić information content (AvgIpc) is 3.31. The lowest BCUT2D eigenvalue weighted by molar-refractivity contribution is -0.125. The largest absolute Gasteiger partial charge is 0.497 e. The van der Waals surface area contributed by atoms with Crippen LogP contribution in [0, 0.1) is 19.8 Å². The van der Waals surface area contributed by atoms with Gasteiger partial charge in [-0.15, -0.1) is 0 Å². The average molecular weight is 470 g/mol. The number of methoxy groups -OCH3 is 1. The normalized spacial score (nSPS) is 15.9. The van der Waals surface area contributed by atoms with Gasteiger partial charge in [-0.2, -0.15) is 5.10 Å². The van der Waals surface area contributed by atoms with Gasteiger partial charge >= 0.3 is 0 Å². The van der Waals surface area contributed by atoms with Crippen molar-refractivity contribution in [3.05, 3.63) is 77.6 Å². The topological polar surface area (TPSA) is 71.8 Å². The molecule has 2 aromatic heterocycles. The van der Waals surface area contributed by atoms with Crippen LogP contribution in [-0.4, -0.2) is 40.7 Å². The van der Waals surface area contributed by atoms with Crippen molar-refractivity contribution in [2.75, 3.05) is 25.1 Å². The van der Waals surface area contributed by atoms with E-state index in [4.69, 9.17) is 14.8 Å². The van der Waals surface area contributed by atoms with E-state index in [1.165, 1.54) is 11.1 Å². The molecule has 2 aromatic carbocycles. The second kappa shape index (κ2) is 9.78. The van der Waals surface area contributed by atoms with Crippen molar-refractivity contribution in [2.45, 2.75) is 33.2 Å². The van der Waals surface area contributed by atoms with Crippen LogP contribution < -0.4 is 15.0 Å². The first kappa shape index (κ1) is 22.9. The number of aryl methyl sites for hydroxylation is 2. The maximum Gasteiger partial charge on any atom is 0.225 e. The Labute approximate surface area is 205 Å². The van der Waals surface area contributed by atoms with Crippen molar-refractivity contribution in [3.63, 3.8) is 0 Å². The second-order valence-electron chi connectivity index (χ2n) is 9.28. The molecule has 1 N–H and O–H groups in total. The molecule has 1 atom stereocenters. The number of carbonyl (C=O) groups is 1. The predicted octanol–water partition coefficient (Wildman–Crippen LogP) is 4.55. The molecule has 4 aromatic rings. The van der Waals surface area contributed by atoms with E-state index < -0.39 is 0 Å². The monoisotopic (exact) mass is 469 g/mol. The number of ether oxygens (including phenoxy) is 1. The molecular formula is C28H31N5O2. The third-order valence-corrected chi connectivity index (χ3v) is 6.72. The van der Waals surface area contributed by atoms with Gasteiger partial charge in [-0.3, -0.25) is 4.79 Å². The summed E-state index contributed by atoms with van der Waals surface area (Å²) < 4.78 is 7.18. The first-order valence-electron chi connectivity index (χ1n) is 12.1. The number of hydrogen-bond acceptors (Lipinski definition) is 5. The Bertz CT molecular complexity index is 1360. The van der Waals surface area contributed by atoms with Gasteiger partial charge in [-0.05, 0) is 56.0 Å². The van der Waals surface area contributed by atoms with Gasteiger partial charge in [0.1, 0.15) is 11.3 Å². The maximum absolute atomic E-state index is 13.0. The van der Waals surface area contributed by atoms with Crippen molar-refractivity contribution in [3.8, 4) is 17.0 Å². The number of aromatic nitrogens is 3. The Morgan fingerprint density at radius 3 is 2.89 bits per heavy atom. The number of anilines is 1. The fourth-order valence-electron chi connectivity index (χ4n) is 4.88. The van der Waals surface area contributed by atoms with Gasteiger partial charge in [-0.25, -0.2) is 9.50 Å². The summed E-state index contributed by atoms with van der Waals surface area (Å²) in [7, 11) is 1.65. The number of nitrogens with zero attached hydrogens (tertiary/aromatic N) is 4. The molecule has 1 aliphatic rings. The molecule has 0 radical (unpaired) electrons. The molecule has 0 unspecified atom stereocenters. The lowest BCUT2D eigenvalue weighted by Gasteiger charge is -2.33. The van der Waals surface area contributed by atoms with Gasteiger partial charge in [0.15, 0.2) is 5.82 Å². The molecule has 1 fully saturated rings. The molecule has 180 valence electrons. The molecule has 1 aliphatic heterocycles. The summed E-state index contributed by atoms with van der Waals surface area (Å²) in [4.78, 5) is 19.9. The molecule has 1 amide bonds. The van der Waals surface area contributed by atoms with Gasteiger partial charge in [0, 0.05) is 37.6 Å². The number of amides is 1. The molecule has 7 nitrogen and oxygen atoms in total. The lowest BCUT2D eigenvalue weighted by atomic mass is 9.97. The van der Waals surface area contributed by atoms with Gasteiger partial charge in [0.2, 0.25) is 5.91 Å². The zero-order chi connectivity index (χ0) is 24.4. The molecular weight excluding hydrogens is 438 g/mol. The first-order chi connectivity index (χ1) is 17.0. The fraction of sp³-hybridized carbons (Fsp3) is 0.321. The standard InChI is InChI=1S/C28H31N5O2/c1-19-9-10-24(20(2)14-19)25-16-26-27(29-11-13-33(26)31-25)32-12-5-7-22(18-32)28(34)30-17-21-6-4-8-23(15-21)35-3/h4,6,8-11,13-16,22H,5,7,12,17-18H2,1-3H3,(H,30,34)/t22-/m0/s1. The van der Waals surface area contributed by atoms with Gasteiger partial charge < -0.3 is 15.0 Å². The molecule has 0 saturated carbocycles. The second-order valence-corrected chi connectivity index (χ2v) is 9.28. The minimum atomic E-state index is -0.0850. The third-order valence-electron chi connectivity index (χ3n) is 6.72. The zero-order valence-corrected chi connectivity index (χ0v) is 20.5. The zero-order valence-electron chi connectivity index (χ0n) is 20.5. The Balaban J connectivity index is 1.33. The first-order valence-corrected chi connectivity index (χ1v) is 12.1. The van der Waals surface area contributed by atoms with Crippen LogP contribution in [0.25, 0.3) is 16.8 Å². The Hall–Kier alpha value is -3.87. The Morgan fingerprint density at radius 1 is 1.17 bits per heavy atom. The number of rotatable bonds is 6. The van der Waals surface area contributed by atoms with Crippen molar-refractivity contribution in [1.29, 1.82) is 0 Å². The summed E-state index contributed by atoms with van der Waals surface area (Å²) in [6.45, 7) is 6.21. The van der Waals surface area contributed by atoms with Crippen molar-refractivity contribution < 1.29 is 9.53 Å². The number of fused-ring (bicyclic) bond motifs is 1. The van der Waals surface area contributed by atoms with E-state index in [0.29, 0.717) is 13.1 Å². The number of hydrogen-bond donors (Lipinski definition) is 1. The molecule has 0 bridgehead atoms. The molecule has 5 rings (SSSR count). The molecule has 0 aliphatic carbocycles. The van der Waals surface area contributed by atoms with E-state index in [1.807, 2.05) is 35.0 Å². The highest BCUT2D eigenvalue weighted by Crippen LogP contribution is 2.30. The van der Waals surface area contributed by atoms with Crippen molar-refractivity contribution in [2.24, 2.45) is 5.92 Å². The van der Waals surface area contributed by atoms with E-state index >= 15 is 0 Å². The number of nitrogens with one attached hydrogen (secondary N) is 1. The number of benzene rings is 2. The smallest absolute Gasteiger partial charge is 0.225 e. The summed E-state index contributed by atoms with van der Waals surface area (Å²) in [6.07, 6.45) is 5.48. The van der Waals surface area contributed by atoms with E-state index in [-0.39, 0.29) is 11.8 Å². The number of carbonyl (C=O) groups excluding carboxylic acids is 1. The molecule has 0 spiro atoms. The summed E-state index contributed by atoms with van der Waals surface area (Å²) in [5.41, 5.74) is 6.48. The summed E-state index contributed by atoms with van der Waals surface area (Å²) in [5.74, 6) is 1.66. The highest BCUT2D eigenvalue weighted by Gasteiger charge is 2.28. The minimum Gasteiger partial charge on any atom is -0.497 e. The lowest BCUT2D eigenvalue weighted by Crippen LogP contribution is -2.43. The Kier molecular flexibility index (Phi) is 6.40. The minimum absolute atomic E-state index is 0.0777. The SMILES string of the molecule is COc1cccc(CNC(=O)[C@H]2CCCN(c3nccn4nc(-c5ccc(C)cc5C)cc34)C2)c1. The Morgan fingerprint density at radius 2 is 2.06 bits per heavy atom. The quantitative estimate of drug-likeness (QED) is 0.448. The van der Waals surface area contributed by atoms with Crippen LogP contribution in [-0.2, 0) is 11.3 Å². The van der Waals surface area contributed by atoms with Crippen LogP contribution in [0.1, 0.15) is 29.5 Å². The van der Waals surface area contributed by atoms with Crippen LogP contribution in [0.4, 0.5) is 5.82 Å². The van der Waals surface area contributed by atoms with Crippen LogP contribution >= 0.6 is 0 Å². The summed E-state index contributed by atoms with van der Waals surface area (Å²) >= 11 is 0. The predicted molar refractivity (Wildman–Crippen MR) is 138 cm³/mol. The van der Waals surface area contributed by atoms with Gasteiger partial charge in [0.05, 0.1) is 18.7 Å². The van der Waals surface area contributed by atoms with E-state index in [2.05, 4.69) is 48.3 Å². The number of piperidine rings is 1. The van der Waals surface area contributed by atoms with Gasteiger partial charge in [0.25, 0.3) is 0 Å². The van der Waals surface area contributed by atoms with Crippen LogP contribution in [0.15, 0.2) is 60.9 Å². The van der Waals surface area contributed by atoms with E-state index in [9.17, 15) is 4.79 Å². The van der Waals surface area contributed by atoms with Crippen LogP contribution in [0.2, 0.25) is 0 Å². The fourth-order valence-corrected chi connectivity index (χ4v) is 4.88. The molecule has 35 heavy (non-hydrogen) atoms. The highest BCUT2D eigenvalue weighted by atomic mass is 16.5. The van der Waals surface area contributed by atoms with Gasteiger partial charge in [-0.1, -0.05) is 35.9 Å². The third kappa shape index (κ3) is 4.85. The molecule has 1 saturated heterocycles. The maximum atomic E-state index is 13.0. The van der Waals surface area contributed by atoms with Crippen LogP contribution in [0.3, 0.4) is 0 Å². The van der Waals surface area contributed by atoms with E-state index in [0.717, 1.165) is 53.3 Å².